The summed E-state index contributed by atoms with van der Waals surface area (Å²) in [5, 5.41) is 5.75. The fourth-order valence-corrected chi connectivity index (χ4v) is 1.88. The second kappa shape index (κ2) is 4.51. The van der Waals surface area contributed by atoms with Crippen LogP contribution in [0.1, 0.15) is 11.8 Å². The highest BCUT2D eigenvalue weighted by Gasteiger charge is 1.95. The third-order valence-corrected chi connectivity index (χ3v) is 2.82. The first-order valence-corrected chi connectivity index (χ1v) is 4.90. The number of oxime groups is 1. The van der Waals surface area contributed by atoms with Gasteiger partial charge in [0.1, 0.15) is 6.61 Å². The molecular weight excluding hydrogens is 226 g/mol. The SMILES string of the molecule is CCO/N=C/c1sccc1Br. The van der Waals surface area contributed by atoms with Crippen LogP contribution in [0.15, 0.2) is 21.1 Å². The second-order valence-corrected chi connectivity index (χ2v) is 3.59. The van der Waals surface area contributed by atoms with Gasteiger partial charge in [-0.3, -0.25) is 0 Å². The molecule has 0 amide bonds. The van der Waals surface area contributed by atoms with Crippen molar-refractivity contribution in [2.75, 3.05) is 6.61 Å². The summed E-state index contributed by atoms with van der Waals surface area (Å²) in [7, 11) is 0. The van der Waals surface area contributed by atoms with Crippen molar-refractivity contribution in [3.05, 3.63) is 20.8 Å². The molecular formula is C7H8BrNOS. The number of nitrogens with zero attached hydrogens (tertiary/aromatic N) is 1. The van der Waals surface area contributed by atoms with Crippen LogP contribution in [0.5, 0.6) is 0 Å². The van der Waals surface area contributed by atoms with Crippen molar-refractivity contribution in [2.24, 2.45) is 5.16 Å². The summed E-state index contributed by atoms with van der Waals surface area (Å²) >= 11 is 5.01. The molecule has 0 aliphatic carbocycles. The maximum Gasteiger partial charge on any atom is 0.114 e. The largest absolute Gasteiger partial charge is 0.396 e. The predicted octanol–water partition coefficient (Wildman–Crippen LogP) is 2.88. The summed E-state index contributed by atoms with van der Waals surface area (Å²) < 4.78 is 1.06. The summed E-state index contributed by atoms with van der Waals surface area (Å²) in [5.74, 6) is 0. The predicted molar refractivity (Wildman–Crippen MR) is 51.2 cm³/mol. The summed E-state index contributed by atoms with van der Waals surface area (Å²) in [6.07, 6.45) is 1.71. The second-order valence-electron chi connectivity index (χ2n) is 1.79. The lowest BCUT2D eigenvalue weighted by molar-refractivity contribution is 0.160. The van der Waals surface area contributed by atoms with Crippen molar-refractivity contribution in [1.82, 2.24) is 0 Å². The summed E-state index contributed by atoms with van der Waals surface area (Å²) in [5.41, 5.74) is 0. The molecule has 60 valence electrons. The van der Waals surface area contributed by atoms with Gasteiger partial charge in [0.2, 0.25) is 0 Å². The molecule has 1 heterocycles. The van der Waals surface area contributed by atoms with E-state index in [0.717, 1.165) is 9.35 Å². The fourth-order valence-electron chi connectivity index (χ4n) is 0.557. The van der Waals surface area contributed by atoms with Crippen LogP contribution >= 0.6 is 27.3 Å². The van der Waals surface area contributed by atoms with Crippen LogP contribution in [0.25, 0.3) is 0 Å². The number of hydrogen-bond acceptors (Lipinski definition) is 3. The maximum atomic E-state index is 4.82. The van der Waals surface area contributed by atoms with Gasteiger partial charge in [0.15, 0.2) is 0 Å². The fraction of sp³-hybridized carbons (Fsp3) is 0.286. The van der Waals surface area contributed by atoms with Gasteiger partial charge in [-0.15, -0.1) is 11.3 Å². The van der Waals surface area contributed by atoms with Crippen molar-refractivity contribution in [1.29, 1.82) is 0 Å². The van der Waals surface area contributed by atoms with Crippen molar-refractivity contribution < 1.29 is 4.84 Å². The van der Waals surface area contributed by atoms with Gasteiger partial charge in [0.25, 0.3) is 0 Å². The van der Waals surface area contributed by atoms with E-state index >= 15 is 0 Å². The normalized spacial score (nSPS) is 10.7. The molecule has 0 unspecified atom stereocenters. The van der Waals surface area contributed by atoms with Gasteiger partial charge >= 0.3 is 0 Å². The zero-order chi connectivity index (χ0) is 8.10. The highest BCUT2D eigenvalue weighted by atomic mass is 79.9. The highest BCUT2D eigenvalue weighted by molar-refractivity contribution is 9.10. The molecule has 2 nitrogen and oxygen atoms in total. The van der Waals surface area contributed by atoms with Gasteiger partial charge in [0, 0.05) is 4.47 Å². The molecule has 1 rings (SSSR count). The van der Waals surface area contributed by atoms with Crippen LogP contribution in [0.4, 0.5) is 0 Å². The molecule has 0 fully saturated rings. The molecule has 4 heteroatoms. The standard InChI is InChI=1S/C7H8BrNOS/c1-2-10-9-5-7-6(8)3-4-11-7/h3-5H,2H2,1H3/b9-5+. The number of thiophene rings is 1. The molecule has 1 aromatic rings. The Bertz CT molecular complexity index is 246. The molecule has 1 aromatic heterocycles. The maximum absolute atomic E-state index is 4.82. The lowest BCUT2D eigenvalue weighted by Crippen LogP contribution is -1.80. The lowest BCUT2D eigenvalue weighted by atomic mass is 10.5. The average molecular weight is 234 g/mol. The minimum atomic E-state index is 0.611. The van der Waals surface area contributed by atoms with Gasteiger partial charge < -0.3 is 4.84 Å². The summed E-state index contributed by atoms with van der Waals surface area (Å²) in [6, 6.07) is 1.98. The number of rotatable bonds is 3. The minimum absolute atomic E-state index is 0.611. The van der Waals surface area contributed by atoms with E-state index in [4.69, 9.17) is 4.84 Å². The quantitative estimate of drug-likeness (QED) is 0.582. The molecule has 0 radical (unpaired) electrons. The van der Waals surface area contributed by atoms with Gasteiger partial charge in [-0.05, 0) is 34.3 Å². The molecule has 0 bridgehead atoms. The van der Waals surface area contributed by atoms with E-state index in [1.54, 1.807) is 17.6 Å². The van der Waals surface area contributed by atoms with E-state index < -0.39 is 0 Å². The van der Waals surface area contributed by atoms with Crippen LogP contribution < -0.4 is 0 Å². The van der Waals surface area contributed by atoms with Crippen LogP contribution in [0, 0.1) is 0 Å². The van der Waals surface area contributed by atoms with Crippen LogP contribution in [0.2, 0.25) is 0 Å². The van der Waals surface area contributed by atoms with Crippen LogP contribution in [-0.4, -0.2) is 12.8 Å². The Hall–Kier alpha value is -0.350. The summed E-state index contributed by atoms with van der Waals surface area (Å²) in [6.45, 7) is 2.51. The molecule has 0 saturated heterocycles. The van der Waals surface area contributed by atoms with Crippen LogP contribution in [-0.2, 0) is 4.84 Å². The van der Waals surface area contributed by atoms with Crippen molar-refractivity contribution >= 4 is 33.5 Å². The smallest absolute Gasteiger partial charge is 0.114 e. The Kier molecular flexibility index (Phi) is 3.59. The Morgan fingerprint density at radius 2 is 2.64 bits per heavy atom. The van der Waals surface area contributed by atoms with Gasteiger partial charge in [-0.2, -0.15) is 0 Å². The molecule has 0 atom stereocenters. The third-order valence-electron chi connectivity index (χ3n) is 1.02. The minimum Gasteiger partial charge on any atom is -0.396 e. The highest BCUT2D eigenvalue weighted by Crippen LogP contribution is 2.20. The van der Waals surface area contributed by atoms with Crippen molar-refractivity contribution in [3.8, 4) is 0 Å². The topological polar surface area (TPSA) is 21.6 Å². The molecule has 0 N–H and O–H groups in total. The van der Waals surface area contributed by atoms with E-state index in [0.29, 0.717) is 6.61 Å². The number of hydrogen-bond donors (Lipinski definition) is 0. The molecule has 0 saturated carbocycles. The lowest BCUT2D eigenvalue weighted by Gasteiger charge is -1.89. The van der Waals surface area contributed by atoms with Gasteiger partial charge in [-0.25, -0.2) is 0 Å². The third kappa shape index (κ3) is 2.63. The Labute approximate surface area is 78.0 Å². The number of halogens is 1. The average Bonchev–Trinajstić information content (AvgIpc) is 2.37. The molecule has 0 aromatic carbocycles. The zero-order valence-electron chi connectivity index (χ0n) is 6.08. The Balaban J connectivity index is 2.56. The molecule has 11 heavy (non-hydrogen) atoms. The van der Waals surface area contributed by atoms with Crippen LogP contribution in [0.3, 0.4) is 0 Å². The van der Waals surface area contributed by atoms with E-state index in [2.05, 4.69) is 21.1 Å². The first kappa shape index (κ1) is 8.74. The van der Waals surface area contributed by atoms with Gasteiger partial charge in [0.05, 0.1) is 11.1 Å². The van der Waals surface area contributed by atoms with Crippen molar-refractivity contribution in [2.45, 2.75) is 6.92 Å². The van der Waals surface area contributed by atoms with E-state index in [1.807, 2.05) is 18.4 Å². The zero-order valence-corrected chi connectivity index (χ0v) is 8.48. The Morgan fingerprint density at radius 3 is 3.18 bits per heavy atom. The summed E-state index contributed by atoms with van der Waals surface area (Å²) in [4.78, 5) is 5.90. The van der Waals surface area contributed by atoms with E-state index in [-0.39, 0.29) is 0 Å². The first-order valence-electron chi connectivity index (χ1n) is 3.23. The van der Waals surface area contributed by atoms with Gasteiger partial charge in [-0.1, -0.05) is 5.16 Å². The first-order chi connectivity index (χ1) is 5.34. The monoisotopic (exact) mass is 233 g/mol. The van der Waals surface area contributed by atoms with E-state index in [9.17, 15) is 0 Å². The molecule has 0 spiro atoms. The molecule has 0 aliphatic heterocycles. The van der Waals surface area contributed by atoms with Crippen molar-refractivity contribution in [3.63, 3.8) is 0 Å². The Morgan fingerprint density at radius 1 is 1.82 bits per heavy atom. The van der Waals surface area contributed by atoms with E-state index in [1.165, 1.54) is 0 Å². The molecule has 0 aliphatic rings.